The molecule has 6 heteroatoms. The van der Waals surface area contributed by atoms with Crippen LogP contribution in [0.15, 0.2) is 120 Å². The van der Waals surface area contributed by atoms with Crippen molar-refractivity contribution in [2.45, 2.75) is 24.2 Å². The molecule has 221 valence electrons. The molecular weight excluding hydrogens is 784 g/mol. The Morgan fingerprint density at radius 3 is 2.18 bits per heavy atom. The summed E-state index contributed by atoms with van der Waals surface area (Å²) in [6.07, 6.45) is 3.82. The van der Waals surface area contributed by atoms with Crippen LogP contribution in [0.2, 0.25) is 17.3 Å². The minimum atomic E-state index is -1.72. The second-order valence-corrected chi connectivity index (χ2v) is 22.3. The molecule has 0 spiro atoms. The first-order valence-corrected chi connectivity index (χ1v) is 21.6. The van der Waals surface area contributed by atoms with Gasteiger partial charge in [0.2, 0.25) is 0 Å². The quantitative estimate of drug-likeness (QED) is 0.131. The van der Waals surface area contributed by atoms with Crippen LogP contribution in [-0.4, -0.2) is 23.2 Å². The van der Waals surface area contributed by atoms with Gasteiger partial charge >= 0.3 is 99.8 Å². The second-order valence-electron chi connectivity index (χ2n) is 11.6. The molecule has 0 bridgehead atoms. The molecule has 1 radical (unpaired) electrons. The van der Waals surface area contributed by atoms with Gasteiger partial charge in [0, 0.05) is 31.9 Å². The van der Waals surface area contributed by atoms with E-state index >= 15 is 0 Å². The molecule has 0 aliphatic rings. The molecule has 0 aliphatic heterocycles. The molecule has 0 aliphatic carbocycles. The normalized spacial score (nSPS) is 11.1. The number of benzene rings is 4. The number of nitrogens with zero attached hydrogens (tertiary/aromatic N) is 2. The Morgan fingerprint density at radius 2 is 1.50 bits per heavy atom. The van der Waals surface area contributed by atoms with Gasteiger partial charge in [0.25, 0.3) is 0 Å². The van der Waals surface area contributed by atoms with E-state index in [-0.39, 0.29) is 25.9 Å². The Bertz CT molecular complexity index is 2020. The van der Waals surface area contributed by atoms with Crippen LogP contribution >= 0.6 is 0 Å². The first-order valence-electron chi connectivity index (χ1n) is 14.3. The van der Waals surface area contributed by atoms with Crippen LogP contribution in [0, 0.1) is 24.9 Å². The Hall–Kier alpha value is -3.90. The molecule has 0 fully saturated rings. The number of hydrogen-bond acceptors (Lipinski definition) is 3. The third-order valence-electron chi connectivity index (χ3n) is 7.38. The average molecular weight is 816 g/mol. The zero-order valence-corrected chi connectivity index (χ0v) is 29.5. The fourth-order valence-corrected chi connectivity index (χ4v) is 7.12. The summed E-state index contributed by atoms with van der Waals surface area (Å²) in [4.78, 5) is 8.94. The van der Waals surface area contributed by atoms with Crippen LogP contribution in [0.5, 0.6) is 0 Å². The van der Waals surface area contributed by atoms with Crippen molar-refractivity contribution in [3.05, 3.63) is 139 Å². The summed E-state index contributed by atoms with van der Waals surface area (Å²) in [5.41, 5.74) is 7.63. The predicted octanol–water partition coefficient (Wildman–Crippen LogP) is 9.65. The number of halogens is 1. The predicted molar refractivity (Wildman–Crippen MR) is 177 cm³/mol. The molecule has 0 amide bonds. The maximum atomic E-state index is 14.7. The standard InChI is InChI=1S/C24H15FNO.C14H16GeN.Ir/c1-15-9-10-26-22(11-15)17-7-8-18-20-13-21(25)19(16-5-3-2-4-6-16)14-24(20)27-23(18)12-17;1-15(2,3)13-9-10-14(16-11-13)12-7-5-4-6-8-12;/h2-6,8-14H,1H3;4-7,9-11H,1-3H3;/q2*-1;. The second kappa shape index (κ2) is 13.4. The Labute approximate surface area is 273 Å². The summed E-state index contributed by atoms with van der Waals surface area (Å²) in [6, 6.07) is 39.3. The molecule has 0 saturated carbocycles. The maximum absolute atomic E-state index is 14.7. The average Bonchev–Trinajstić information content (AvgIpc) is 3.38. The van der Waals surface area contributed by atoms with Gasteiger partial charge in [-0.3, -0.25) is 0 Å². The van der Waals surface area contributed by atoms with Crippen LogP contribution in [0.1, 0.15) is 5.56 Å². The monoisotopic (exact) mass is 817 g/mol. The summed E-state index contributed by atoms with van der Waals surface area (Å²) in [5.74, 6) is 6.88. The Kier molecular flexibility index (Phi) is 9.60. The van der Waals surface area contributed by atoms with Crippen molar-refractivity contribution >= 4 is 39.6 Å². The molecule has 3 aromatic heterocycles. The van der Waals surface area contributed by atoms with Crippen molar-refractivity contribution < 1.29 is 28.9 Å². The van der Waals surface area contributed by atoms with Crippen molar-refractivity contribution in [3.63, 3.8) is 0 Å². The zero-order valence-electron chi connectivity index (χ0n) is 25.0. The SMILES string of the molecule is Cc1ccnc(-c2[c-]cc3c(c2)oc2cc(-c4ccccc4)c(F)cc23)c1.[CH3][Ge]([CH3])([CH3])[c]1ccc(-c2[c-]cccc2)nc1.[Ir]. The van der Waals surface area contributed by atoms with Crippen molar-refractivity contribution in [1.29, 1.82) is 0 Å². The minimum absolute atomic E-state index is 0. The van der Waals surface area contributed by atoms with E-state index in [1.807, 2.05) is 92.0 Å². The van der Waals surface area contributed by atoms with Crippen LogP contribution in [0.3, 0.4) is 0 Å². The van der Waals surface area contributed by atoms with Crippen molar-refractivity contribution in [3.8, 4) is 33.6 Å². The van der Waals surface area contributed by atoms with Crippen LogP contribution in [-0.2, 0) is 20.1 Å². The maximum Gasteiger partial charge on any atom is 0 e. The van der Waals surface area contributed by atoms with Gasteiger partial charge in [-0.25, -0.2) is 4.39 Å². The molecule has 0 unspecified atom stereocenters. The van der Waals surface area contributed by atoms with Gasteiger partial charge in [0.05, 0.1) is 5.58 Å². The third-order valence-corrected chi connectivity index (χ3v) is 11.6. The van der Waals surface area contributed by atoms with Gasteiger partial charge in [-0.1, -0.05) is 53.4 Å². The van der Waals surface area contributed by atoms with E-state index in [1.54, 1.807) is 18.3 Å². The summed E-state index contributed by atoms with van der Waals surface area (Å²) in [5, 5.41) is 1.60. The van der Waals surface area contributed by atoms with E-state index < -0.39 is 13.3 Å². The van der Waals surface area contributed by atoms with Gasteiger partial charge < -0.3 is 9.40 Å². The number of aromatic nitrogens is 2. The molecule has 0 N–H and O–H groups in total. The molecule has 3 nitrogen and oxygen atoms in total. The number of rotatable bonds is 4. The number of aryl methyl sites for hydroxylation is 1. The summed E-state index contributed by atoms with van der Waals surface area (Å²) in [7, 11) is 0. The van der Waals surface area contributed by atoms with Gasteiger partial charge in [0.15, 0.2) is 0 Å². The van der Waals surface area contributed by atoms with Crippen LogP contribution < -0.4 is 4.40 Å². The molecule has 44 heavy (non-hydrogen) atoms. The third kappa shape index (κ3) is 6.91. The molecule has 0 atom stereocenters. The molecule has 7 aromatic rings. The van der Waals surface area contributed by atoms with Crippen LogP contribution in [0.4, 0.5) is 4.39 Å². The van der Waals surface area contributed by atoms with E-state index in [9.17, 15) is 4.39 Å². The smallest absolute Gasteiger partial charge is 0 e. The summed E-state index contributed by atoms with van der Waals surface area (Å²) in [6.45, 7) is 2.03. The van der Waals surface area contributed by atoms with Gasteiger partial charge in [-0.15, -0.1) is 17.7 Å². The molecular formula is C38H31FGeIrN2O-2. The Morgan fingerprint density at radius 1 is 0.727 bits per heavy atom. The van der Waals surface area contributed by atoms with Crippen LogP contribution in [0.25, 0.3) is 55.6 Å². The number of pyridine rings is 2. The van der Waals surface area contributed by atoms with E-state index in [0.29, 0.717) is 16.7 Å². The van der Waals surface area contributed by atoms with E-state index in [2.05, 4.69) is 51.5 Å². The molecule has 0 saturated heterocycles. The molecule has 7 rings (SSSR count). The number of furan rings is 1. The van der Waals surface area contributed by atoms with Gasteiger partial charge in [0.1, 0.15) is 11.4 Å². The van der Waals surface area contributed by atoms with Crippen molar-refractivity contribution in [2.24, 2.45) is 0 Å². The fourth-order valence-electron chi connectivity index (χ4n) is 4.95. The minimum Gasteiger partial charge on any atom is 0 e. The first kappa shape index (κ1) is 31.5. The molecule has 4 aromatic carbocycles. The zero-order chi connectivity index (χ0) is 30.0. The van der Waals surface area contributed by atoms with E-state index in [4.69, 9.17) is 4.42 Å². The number of fused-ring (bicyclic) bond motifs is 3. The Balaban J connectivity index is 0.000000194. The van der Waals surface area contributed by atoms with E-state index in [0.717, 1.165) is 44.4 Å². The summed E-state index contributed by atoms with van der Waals surface area (Å²) < 4.78 is 22.2. The van der Waals surface area contributed by atoms with Crippen molar-refractivity contribution in [1.82, 2.24) is 9.97 Å². The topological polar surface area (TPSA) is 38.9 Å². The van der Waals surface area contributed by atoms with Crippen molar-refractivity contribution in [2.75, 3.05) is 0 Å². The molecule has 3 heterocycles. The van der Waals surface area contributed by atoms with Gasteiger partial charge in [-0.05, 0) is 41.8 Å². The van der Waals surface area contributed by atoms with Gasteiger partial charge in [-0.2, -0.15) is 0 Å². The fraction of sp³-hybridized carbons (Fsp3) is 0.105. The first-order chi connectivity index (χ1) is 20.8. The number of hydrogen-bond donors (Lipinski definition) is 0. The van der Waals surface area contributed by atoms with E-state index in [1.165, 1.54) is 4.40 Å². The largest absolute Gasteiger partial charge is 0 e. The summed E-state index contributed by atoms with van der Waals surface area (Å²) >= 11 is -1.72.